The Bertz CT molecular complexity index is 367. The molecular formula is C12H19BrOSSi. The molecule has 0 aliphatic carbocycles. The van der Waals surface area contributed by atoms with Crippen molar-refractivity contribution in [1.82, 2.24) is 0 Å². The number of aliphatic hydroxyl groups excluding tert-OH is 1. The van der Waals surface area contributed by atoms with Crippen LogP contribution in [0.15, 0.2) is 28.1 Å². The van der Waals surface area contributed by atoms with Gasteiger partial charge < -0.3 is 5.11 Å². The Kier molecular flexibility index (Phi) is 4.98. The summed E-state index contributed by atoms with van der Waals surface area (Å²) in [5.74, 6) is 0. The van der Waals surface area contributed by atoms with Gasteiger partial charge in [-0.05, 0) is 40.5 Å². The highest BCUT2D eigenvalue weighted by Crippen LogP contribution is 2.31. The predicted octanol–water partition coefficient (Wildman–Crippen LogP) is 4.83. The summed E-state index contributed by atoms with van der Waals surface area (Å²) in [6, 6.07) is 5.04. The van der Waals surface area contributed by atoms with Crippen molar-refractivity contribution in [3.8, 4) is 0 Å². The molecule has 1 aromatic rings. The zero-order valence-electron chi connectivity index (χ0n) is 10.1. The minimum atomic E-state index is -1.10. The van der Waals surface area contributed by atoms with Crippen LogP contribution < -0.4 is 0 Å². The molecule has 0 aromatic carbocycles. The lowest BCUT2D eigenvalue weighted by molar-refractivity contribution is 0.182. The highest BCUT2D eigenvalue weighted by molar-refractivity contribution is 9.11. The lowest BCUT2D eigenvalue weighted by Gasteiger charge is -2.19. The Labute approximate surface area is 111 Å². The molecule has 0 saturated heterocycles. The fourth-order valence-corrected chi connectivity index (χ4v) is 4.76. The van der Waals surface area contributed by atoms with Crippen molar-refractivity contribution in [2.75, 3.05) is 0 Å². The van der Waals surface area contributed by atoms with Gasteiger partial charge in [0, 0.05) is 13.0 Å². The molecule has 0 spiro atoms. The van der Waals surface area contributed by atoms with Crippen molar-refractivity contribution in [2.45, 2.75) is 38.2 Å². The molecule has 1 aromatic heterocycles. The van der Waals surface area contributed by atoms with Gasteiger partial charge in [-0.2, -0.15) is 0 Å². The molecule has 0 amide bonds. The monoisotopic (exact) mass is 318 g/mol. The number of hydrogen-bond donors (Lipinski definition) is 1. The van der Waals surface area contributed by atoms with Crippen molar-refractivity contribution in [1.29, 1.82) is 0 Å². The lowest BCUT2D eigenvalue weighted by Crippen LogP contribution is -2.20. The molecule has 0 unspecified atom stereocenters. The first-order chi connectivity index (χ1) is 7.28. The van der Waals surface area contributed by atoms with E-state index in [9.17, 15) is 5.11 Å². The molecule has 0 fully saturated rings. The van der Waals surface area contributed by atoms with E-state index < -0.39 is 8.07 Å². The second kappa shape index (κ2) is 5.62. The molecule has 1 heterocycles. The molecular weight excluding hydrogens is 300 g/mol. The van der Waals surface area contributed by atoms with Crippen LogP contribution in [0.5, 0.6) is 0 Å². The van der Waals surface area contributed by atoms with Gasteiger partial charge in [0.25, 0.3) is 0 Å². The second-order valence-corrected chi connectivity index (χ2v) is 13.3. The second-order valence-electron chi connectivity index (χ2n) is 5.35. The van der Waals surface area contributed by atoms with E-state index in [4.69, 9.17) is 0 Å². The van der Waals surface area contributed by atoms with E-state index in [0.29, 0.717) is 6.42 Å². The average Bonchev–Trinajstić information content (AvgIpc) is 2.47. The maximum Gasteiger partial charge on any atom is 0.0919 e. The summed E-state index contributed by atoms with van der Waals surface area (Å²) in [4.78, 5) is 1.02. The molecule has 1 N–H and O–H groups in total. The van der Waals surface area contributed by atoms with Crippen molar-refractivity contribution < 1.29 is 5.11 Å². The number of halogens is 1. The molecule has 16 heavy (non-hydrogen) atoms. The summed E-state index contributed by atoms with van der Waals surface area (Å²) in [6.07, 6.45) is 0.303. The van der Waals surface area contributed by atoms with Gasteiger partial charge in [-0.1, -0.05) is 25.2 Å². The van der Waals surface area contributed by atoms with Crippen LogP contribution in [0.3, 0.4) is 0 Å². The first-order valence-corrected chi connectivity index (χ1v) is 10.7. The van der Waals surface area contributed by atoms with Crippen molar-refractivity contribution >= 4 is 35.3 Å². The summed E-state index contributed by atoms with van der Waals surface area (Å²) < 4.78 is 1.07. The minimum absolute atomic E-state index is 0.389. The molecule has 0 saturated carbocycles. The molecule has 0 aliphatic rings. The van der Waals surface area contributed by atoms with E-state index in [2.05, 4.69) is 42.1 Å². The summed E-state index contributed by atoms with van der Waals surface area (Å²) in [5.41, 5.74) is 1.18. The van der Waals surface area contributed by atoms with Crippen LogP contribution >= 0.6 is 27.3 Å². The van der Waals surface area contributed by atoms with Crippen LogP contribution in [0, 0.1) is 0 Å². The van der Waals surface area contributed by atoms with Gasteiger partial charge in [-0.15, -0.1) is 17.9 Å². The smallest absolute Gasteiger partial charge is 0.0919 e. The molecule has 1 atom stereocenters. The largest absolute Gasteiger partial charge is 0.387 e. The van der Waals surface area contributed by atoms with Crippen LogP contribution in [0.2, 0.25) is 25.7 Å². The number of aliphatic hydroxyl groups is 1. The molecule has 0 bridgehead atoms. The van der Waals surface area contributed by atoms with Gasteiger partial charge >= 0.3 is 0 Å². The van der Waals surface area contributed by atoms with Crippen LogP contribution in [0.25, 0.3) is 0 Å². The maximum atomic E-state index is 10.0. The first kappa shape index (κ1) is 14.2. The van der Waals surface area contributed by atoms with Gasteiger partial charge in [0.1, 0.15) is 0 Å². The van der Waals surface area contributed by atoms with Gasteiger partial charge in [0.05, 0.1) is 9.89 Å². The Morgan fingerprint density at radius 1 is 1.50 bits per heavy atom. The normalized spacial score (nSPS) is 13.8. The zero-order chi connectivity index (χ0) is 12.3. The Hall–Kier alpha value is 0.0969. The van der Waals surface area contributed by atoms with Gasteiger partial charge in [0.2, 0.25) is 0 Å². The molecule has 90 valence electrons. The third-order valence-corrected chi connectivity index (χ3v) is 5.47. The Morgan fingerprint density at radius 2 is 2.12 bits per heavy atom. The third kappa shape index (κ3) is 4.95. The van der Waals surface area contributed by atoms with Crippen LogP contribution in [0.1, 0.15) is 17.4 Å². The summed E-state index contributed by atoms with van der Waals surface area (Å²) in [6.45, 7) is 11.1. The van der Waals surface area contributed by atoms with Gasteiger partial charge in [0.15, 0.2) is 0 Å². The molecule has 1 rings (SSSR count). The van der Waals surface area contributed by atoms with Gasteiger partial charge in [-0.3, -0.25) is 0 Å². The van der Waals surface area contributed by atoms with Crippen molar-refractivity contribution in [3.63, 3.8) is 0 Å². The molecule has 0 radical (unpaired) electrons. The molecule has 0 aliphatic heterocycles. The number of thiophene rings is 1. The topological polar surface area (TPSA) is 20.2 Å². The first-order valence-electron chi connectivity index (χ1n) is 5.38. The average molecular weight is 319 g/mol. The van der Waals surface area contributed by atoms with Gasteiger partial charge in [-0.25, -0.2) is 0 Å². The van der Waals surface area contributed by atoms with Crippen LogP contribution in [-0.4, -0.2) is 13.2 Å². The quantitative estimate of drug-likeness (QED) is 0.609. The van der Waals surface area contributed by atoms with E-state index >= 15 is 0 Å². The Morgan fingerprint density at radius 3 is 2.56 bits per heavy atom. The van der Waals surface area contributed by atoms with Crippen molar-refractivity contribution in [2.24, 2.45) is 0 Å². The fourth-order valence-electron chi connectivity index (χ4n) is 1.70. The molecule has 1 nitrogen and oxygen atoms in total. The Balaban J connectivity index is 2.52. The van der Waals surface area contributed by atoms with Crippen molar-refractivity contribution in [3.05, 3.63) is 32.9 Å². The summed E-state index contributed by atoms with van der Waals surface area (Å²) in [7, 11) is -1.10. The van der Waals surface area contributed by atoms with E-state index in [1.807, 2.05) is 12.1 Å². The summed E-state index contributed by atoms with van der Waals surface area (Å²) in [5, 5.41) is 10.0. The highest BCUT2D eigenvalue weighted by Gasteiger charge is 2.17. The summed E-state index contributed by atoms with van der Waals surface area (Å²) >= 11 is 5.00. The highest BCUT2D eigenvalue weighted by atomic mass is 79.9. The lowest BCUT2D eigenvalue weighted by atomic mass is 10.1. The third-order valence-electron chi connectivity index (χ3n) is 2.18. The molecule has 4 heteroatoms. The van der Waals surface area contributed by atoms with E-state index in [1.54, 1.807) is 11.3 Å². The zero-order valence-corrected chi connectivity index (χ0v) is 13.5. The van der Waals surface area contributed by atoms with E-state index in [0.717, 1.165) is 14.7 Å². The van der Waals surface area contributed by atoms with E-state index in [1.165, 1.54) is 5.57 Å². The fraction of sp³-hybridized carbons (Fsp3) is 0.500. The SMILES string of the molecule is C=C(C[C@H](O)c1ccc(Br)s1)C[Si](C)(C)C. The number of hydrogen-bond acceptors (Lipinski definition) is 2. The number of rotatable bonds is 5. The van der Waals surface area contributed by atoms with Crippen LogP contribution in [-0.2, 0) is 0 Å². The van der Waals surface area contributed by atoms with E-state index in [-0.39, 0.29) is 6.10 Å². The standard InChI is InChI=1S/C12H19BrOSSi/c1-9(8-16(2,3)4)7-10(14)11-5-6-12(13)15-11/h5-6,10,14H,1,7-8H2,2-4H3/t10-/m0/s1. The maximum absolute atomic E-state index is 10.0. The predicted molar refractivity (Wildman–Crippen MR) is 78.9 cm³/mol. The minimum Gasteiger partial charge on any atom is -0.387 e. The van der Waals surface area contributed by atoms with Crippen LogP contribution in [0.4, 0.5) is 0 Å².